The number of amidine groups is 1. The molecule has 0 radical (unpaired) electrons. The second-order valence-electron chi connectivity index (χ2n) is 10.4. The molecule has 1 heterocycles. The summed E-state index contributed by atoms with van der Waals surface area (Å²) in [6.45, 7) is 8.68. The van der Waals surface area contributed by atoms with Crippen LogP contribution in [0, 0.1) is 5.92 Å². The number of nitrogens with zero attached hydrogens (tertiary/aromatic N) is 3. The van der Waals surface area contributed by atoms with Crippen LogP contribution in [-0.4, -0.2) is 48.0 Å². The smallest absolute Gasteiger partial charge is 0.160 e. The van der Waals surface area contributed by atoms with Crippen LogP contribution >= 0.6 is 11.8 Å². The summed E-state index contributed by atoms with van der Waals surface area (Å²) in [4.78, 5) is 9.76. The van der Waals surface area contributed by atoms with Gasteiger partial charge in [-0.2, -0.15) is 0 Å². The van der Waals surface area contributed by atoms with Gasteiger partial charge in [-0.05, 0) is 55.9 Å². The van der Waals surface area contributed by atoms with E-state index in [9.17, 15) is 0 Å². The number of rotatable bonds is 7. The average Bonchev–Trinajstić information content (AvgIpc) is 3.29. The van der Waals surface area contributed by atoms with Crippen molar-refractivity contribution < 1.29 is 0 Å². The molecular weight excluding hydrogens is 438 g/mol. The summed E-state index contributed by atoms with van der Waals surface area (Å²) >= 11 is 1.68. The number of hydrogen-bond acceptors (Lipinski definition) is 5. The Hall–Kier alpha value is -1.66. The van der Waals surface area contributed by atoms with Gasteiger partial charge in [-0.25, -0.2) is 4.99 Å². The van der Waals surface area contributed by atoms with Crippen LogP contribution in [0.15, 0.2) is 41.7 Å². The number of nitrogens with two attached hydrogens (primary N) is 1. The summed E-state index contributed by atoms with van der Waals surface area (Å²) in [6.07, 6.45) is 16.7. The second-order valence-corrected chi connectivity index (χ2v) is 11.4. The zero-order chi connectivity index (χ0) is 23.6. The van der Waals surface area contributed by atoms with Crippen LogP contribution < -0.4 is 16.0 Å². The first-order valence-corrected chi connectivity index (χ1v) is 14.7. The van der Waals surface area contributed by atoms with Crippen LogP contribution in [0.1, 0.15) is 77.0 Å². The van der Waals surface area contributed by atoms with E-state index in [1.165, 1.54) is 95.8 Å². The maximum Gasteiger partial charge on any atom is 0.160 e. The van der Waals surface area contributed by atoms with Gasteiger partial charge in [0.2, 0.25) is 0 Å². The SMILES string of the molecule is C=C(/N=C(\N)SCC1CCCCCC1)Nc1ccc(N2CCN(C3CCCCCC3)CC2)cc1. The summed E-state index contributed by atoms with van der Waals surface area (Å²) in [5.74, 6) is 2.46. The number of piperazine rings is 1. The molecule has 1 aliphatic heterocycles. The lowest BCUT2D eigenvalue weighted by molar-refractivity contribution is 0.169. The van der Waals surface area contributed by atoms with E-state index < -0.39 is 0 Å². The lowest BCUT2D eigenvalue weighted by atomic mass is 10.0. The van der Waals surface area contributed by atoms with Gasteiger partial charge in [-0.15, -0.1) is 0 Å². The van der Waals surface area contributed by atoms with Gasteiger partial charge in [0.25, 0.3) is 0 Å². The first-order chi connectivity index (χ1) is 16.7. The first kappa shape index (κ1) is 25.4. The Balaban J connectivity index is 1.20. The van der Waals surface area contributed by atoms with Crippen molar-refractivity contribution in [2.75, 3.05) is 42.1 Å². The third kappa shape index (κ3) is 7.94. The zero-order valence-electron chi connectivity index (χ0n) is 21.0. The molecule has 34 heavy (non-hydrogen) atoms. The van der Waals surface area contributed by atoms with Crippen molar-refractivity contribution in [1.82, 2.24) is 4.90 Å². The molecule has 5 nitrogen and oxygen atoms in total. The highest BCUT2D eigenvalue weighted by atomic mass is 32.2. The molecule has 1 aromatic carbocycles. The minimum atomic E-state index is 0.607. The molecule has 0 amide bonds. The summed E-state index contributed by atoms with van der Waals surface area (Å²) in [7, 11) is 0. The third-order valence-electron chi connectivity index (χ3n) is 7.86. The molecule has 0 aromatic heterocycles. The molecule has 3 N–H and O–H groups in total. The van der Waals surface area contributed by atoms with Crippen molar-refractivity contribution in [3.8, 4) is 0 Å². The van der Waals surface area contributed by atoms with E-state index in [-0.39, 0.29) is 0 Å². The number of nitrogens with one attached hydrogen (secondary N) is 1. The highest BCUT2D eigenvalue weighted by Crippen LogP contribution is 2.27. The molecule has 188 valence electrons. The third-order valence-corrected chi connectivity index (χ3v) is 8.89. The first-order valence-electron chi connectivity index (χ1n) is 13.7. The molecule has 0 atom stereocenters. The van der Waals surface area contributed by atoms with E-state index in [1.54, 1.807) is 11.8 Å². The summed E-state index contributed by atoms with van der Waals surface area (Å²) < 4.78 is 0. The summed E-state index contributed by atoms with van der Waals surface area (Å²) in [6, 6.07) is 9.50. The highest BCUT2D eigenvalue weighted by Gasteiger charge is 2.24. The van der Waals surface area contributed by atoms with Crippen molar-refractivity contribution >= 4 is 28.3 Å². The molecule has 1 aromatic rings. The Kier molecular flexibility index (Phi) is 10.0. The van der Waals surface area contributed by atoms with Gasteiger partial charge in [-0.1, -0.05) is 69.7 Å². The van der Waals surface area contributed by atoms with Gasteiger partial charge >= 0.3 is 0 Å². The number of thioether (sulfide) groups is 1. The molecule has 2 saturated carbocycles. The topological polar surface area (TPSA) is 56.9 Å². The van der Waals surface area contributed by atoms with E-state index in [0.29, 0.717) is 11.0 Å². The van der Waals surface area contributed by atoms with E-state index in [4.69, 9.17) is 5.73 Å². The van der Waals surface area contributed by atoms with E-state index in [2.05, 4.69) is 51.0 Å². The van der Waals surface area contributed by atoms with Crippen LogP contribution in [0.5, 0.6) is 0 Å². The van der Waals surface area contributed by atoms with Gasteiger partial charge in [0, 0.05) is 49.3 Å². The fourth-order valence-electron chi connectivity index (χ4n) is 5.82. The monoisotopic (exact) mass is 483 g/mol. The van der Waals surface area contributed by atoms with Gasteiger partial charge in [0.1, 0.15) is 5.82 Å². The Bertz CT molecular complexity index is 768. The van der Waals surface area contributed by atoms with Crippen molar-refractivity contribution in [2.24, 2.45) is 16.6 Å². The van der Waals surface area contributed by atoms with Gasteiger partial charge < -0.3 is 16.0 Å². The highest BCUT2D eigenvalue weighted by molar-refractivity contribution is 8.13. The zero-order valence-corrected chi connectivity index (χ0v) is 21.8. The molecule has 3 fully saturated rings. The molecule has 4 rings (SSSR count). The molecular formula is C28H45N5S. The van der Waals surface area contributed by atoms with Crippen molar-refractivity contribution in [3.63, 3.8) is 0 Å². The van der Waals surface area contributed by atoms with Crippen molar-refractivity contribution in [3.05, 3.63) is 36.7 Å². The van der Waals surface area contributed by atoms with E-state index in [1.807, 2.05) is 0 Å². The Morgan fingerprint density at radius 2 is 1.47 bits per heavy atom. The van der Waals surface area contributed by atoms with Gasteiger partial charge in [-0.3, -0.25) is 4.90 Å². The van der Waals surface area contributed by atoms with Crippen LogP contribution in [0.2, 0.25) is 0 Å². The standard InChI is InChI=1S/C28H45N5S/c1-23(31-28(29)34-22-24-10-6-2-3-7-11-24)30-25-14-16-27(17-15-25)33-20-18-32(19-21-33)26-12-8-4-5-9-13-26/h14-17,24,26,30H,1-13,18-22H2,(H2,29,31). The van der Waals surface area contributed by atoms with Crippen molar-refractivity contribution in [2.45, 2.75) is 83.1 Å². The Labute approximate surface area is 211 Å². The van der Waals surface area contributed by atoms with Crippen LogP contribution in [0.4, 0.5) is 11.4 Å². The fourth-order valence-corrected chi connectivity index (χ4v) is 6.73. The minimum absolute atomic E-state index is 0.607. The second kappa shape index (κ2) is 13.4. The average molecular weight is 484 g/mol. The number of anilines is 2. The normalized spacial score (nSPS) is 22.2. The Morgan fingerprint density at radius 1 is 0.882 bits per heavy atom. The van der Waals surface area contributed by atoms with Crippen molar-refractivity contribution in [1.29, 1.82) is 0 Å². The fraction of sp³-hybridized carbons (Fsp3) is 0.679. The minimum Gasteiger partial charge on any atom is -0.378 e. The quantitative estimate of drug-likeness (QED) is 0.266. The lowest BCUT2D eigenvalue weighted by Crippen LogP contribution is -2.50. The molecule has 0 bridgehead atoms. The molecule has 1 saturated heterocycles. The lowest BCUT2D eigenvalue weighted by Gasteiger charge is -2.40. The maximum absolute atomic E-state index is 6.18. The van der Waals surface area contributed by atoms with Crippen LogP contribution in [0.3, 0.4) is 0 Å². The molecule has 0 unspecified atom stereocenters. The Morgan fingerprint density at radius 3 is 2.09 bits per heavy atom. The predicted octanol–water partition coefficient (Wildman–Crippen LogP) is 6.43. The van der Waals surface area contributed by atoms with Gasteiger partial charge in [0.05, 0.1) is 0 Å². The molecule has 0 spiro atoms. The number of hydrogen-bond donors (Lipinski definition) is 2. The van der Waals surface area contributed by atoms with Crippen LogP contribution in [0.25, 0.3) is 0 Å². The molecule has 2 aliphatic carbocycles. The largest absolute Gasteiger partial charge is 0.378 e. The van der Waals surface area contributed by atoms with Gasteiger partial charge in [0.15, 0.2) is 5.17 Å². The van der Waals surface area contributed by atoms with E-state index >= 15 is 0 Å². The van der Waals surface area contributed by atoms with Crippen LogP contribution in [-0.2, 0) is 0 Å². The summed E-state index contributed by atoms with van der Waals surface area (Å²) in [5, 5.41) is 3.92. The summed E-state index contributed by atoms with van der Waals surface area (Å²) in [5.41, 5.74) is 8.50. The van der Waals surface area contributed by atoms with E-state index in [0.717, 1.165) is 36.5 Å². The number of benzene rings is 1. The predicted molar refractivity (Wildman–Crippen MR) is 150 cm³/mol. The number of aliphatic imine (C=N–C) groups is 1. The maximum atomic E-state index is 6.18. The molecule has 6 heteroatoms. The molecule has 3 aliphatic rings.